The second-order valence-corrected chi connectivity index (χ2v) is 10.7. The van der Waals surface area contributed by atoms with Crippen molar-refractivity contribution in [2.45, 2.75) is 0 Å². The maximum absolute atomic E-state index is 9.35. The smallest absolute Gasteiger partial charge is 0.136 e. The lowest BCUT2D eigenvalue weighted by atomic mass is 9.84. The van der Waals surface area contributed by atoms with E-state index in [4.69, 9.17) is 9.90 Å². The molecule has 0 atom stereocenters. The molecule has 8 aromatic carbocycles. The van der Waals surface area contributed by atoms with Crippen molar-refractivity contribution < 1.29 is 15.4 Å². The molecule has 0 spiro atoms. The number of hydrogen-bond acceptors (Lipinski definition) is 1. The van der Waals surface area contributed by atoms with Gasteiger partial charge in [-0.05, 0) is 83.9 Å². The Hall–Kier alpha value is -5.66. The van der Waals surface area contributed by atoms with Gasteiger partial charge in [0.25, 0.3) is 0 Å². The van der Waals surface area contributed by atoms with Crippen LogP contribution in [-0.2, 0) is 0 Å². The van der Waals surface area contributed by atoms with Gasteiger partial charge in [-0.1, -0.05) is 139 Å². The summed E-state index contributed by atoms with van der Waals surface area (Å²) >= 11 is 0. The average molecular weight is 555 g/mol. The SMILES string of the molecule is [2H]c1c([2H])c([2H])c2c(-c3cccc4oc5cc6ccccc6cc5c34)c3c([2H])c([2H])c([2H])c([2H])c3c(-c3ccc(-c4ccccc4)cc3)c2c1[2H]. The average Bonchev–Trinajstić information content (AvgIpc) is 3.53. The van der Waals surface area contributed by atoms with Crippen LogP contribution >= 0.6 is 0 Å². The molecule has 0 fully saturated rings. The molecule has 0 unspecified atom stereocenters. The van der Waals surface area contributed by atoms with Gasteiger partial charge in [0.05, 0.1) is 11.0 Å². The maximum atomic E-state index is 9.35. The summed E-state index contributed by atoms with van der Waals surface area (Å²) in [6, 6.07) is 31.8. The Morgan fingerprint density at radius 1 is 0.419 bits per heavy atom. The monoisotopic (exact) mass is 554 g/mol. The molecule has 9 rings (SSSR count). The van der Waals surface area contributed by atoms with Crippen LogP contribution < -0.4 is 0 Å². The third-order valence-corrected chi connectivity index (χ3v) is 8.29. The lowest BCUT2D eigenvalue weighted by molar-refractivity contribution is 0.669. The molecule has 0 saturated carbocycles. The van der Waals surface area contributed by atoms with Gasteiger partial charge in [0, 0.05) is 10.8 Å². The van der Waals surface area contributed by atoms with Crippen molar-refractivity contribution in [2.75, 3.05) is 0 Å². The lowest BCUT2D eigenvalue weighted by Crippen LogP contribution is -1.91. The number of benzene rings is 8. The highest BCUT2D eigenvalue weighted by atomic mass is 16.3. The molecule has 0 bridgehead atoms. The van der Waals surface area contributed by atoms with Crippen molar-refractivity contribution >= 4 is 54.3 Å². The molecular formula is C42H26O. The minimum atomic E-state index is -0.436. The van der Waals surface area contributed by atoms with Gasteiger partial charge in [0.1, 0.15) is 11.2 Å². The van der Waals surface area contributed by atoms with E-state index in [-0.39, 0.29) is 45.7 Å². The van der Waals surface area contributed by atoms with Crippen LogP contribution in [-0.4, -0.2) is 0 Å². The van der Waals surface area contributed by atoms with Crippen LogP contribution in [0.1, 0.15) is 11.0 Å². The number of hydrogen-bond donors (Lipinski definition) is 0. The van der Waals surface area contributed by atoms with Crippen molar-refractivity contribution in [2.24, 2.45) is 0 Å². The topological polar surface area (TPSA) is 13.1 Å². The van der Waals surface area contributed by atoms with Crippen LogP contribution in [0.3, 0.4) is 0 Å². The van der Waals surface area contributed by atoms with E-state index in [0.717, 1.165) is 27.3 Å². The molecule has 1 heterocycles. The van der Waals surface area contributed by atoms with Gasteiger partial charge in [0.15, 0.2) is 0 Å². The Labute approximate surface area is 260 Å². The lowest BCUT2D eigenvalue weighted by Gasteiger charge is -2.18. The largest absolute Gasteiger partial charge is 0.456 e. The highest BCUT2D eigenvalue weighted by Gasteiger charge is 2.20. The first kappa shape index (κ1) is 17.3. The van der Waals surface area contributed by atoms with Gasteiger partial charge < -0.3 is 4.42 Å². The Morgan fingerprint density at radius 2 is 0.977 bits per heavy atom. The minimum Gasteiger partial charge on any atom is -0.456 e. The Morgan fingerprint density at radius 3 is 1.65 bits per heavy atom. The summed E-state index contributed by atoms with van der Waals surface area (Å²) in [5.74, 6) is 0. The van der Waals surface area contributed by atoms with Gasteiger partial charge >= 0.3 is 0 Å². The molecule has 0 aliphatic rings. The molecule has 0 aliphatic heterocycles. The van der Waals surface area contributed by atoms with Crippen LogP contribution in [0, 0.1) is 0 Å². The first-order valence-electron chi connectivity index (χ1n) is 18.1. The zero-order valence-electron chi connectivity index (χ0n) is 30.8. The molecule has 1 aromatic heterocycles. The van der Waals surface area contributed by atoms with E-state index in [0.29, 0.717) is 38.8 Å². The van der Waals surface area contributed by atoms with Crippen molar-refractivity contribution in [3.8, 4) is 33.4 Å². The summed E-state index contributed by atoms with van der Waals surface area (Å²) in [7, 11) is 0. The molecule has 1 heteroatoms. The van der Waals surface area contributed by atoms with Gasteiger partial charge in [0.2, 0.25) is 0 Å². The van der Waals surface area contributed by atoms with E-state index in [1.807, 2.05) is 103 Å². The van der Waals surface area contributed by atoms with E-state index in [2.05, 4.69) is 0 Å². The summed E-state index contributed by atoms with van der Waals surface area (Å²) in [6.45, 7) is 0. The fourth-order valence-electron chi connectivity index (χ4n) is 6.36. The highest BCUT2D eigenvalue weighted by molar-refractivity contribution is 6.26. The summed E-state index contributed by atoms with van der Waals surface area (Å²) in [5.41, 5.74) is 4.81. The molecule has 0 N–H and O–H groups in total. The van der Waals surface area contributed by atoms with E-state index in [9.17, 15) is 5.48 Å². The molecule has 0 radical (unpaired) electrons. The minimum absolute atomic E-state index is 0.170. The van der Waals surface area contributed by atoms with E-state index < -0.39 is 24.2 Å². The summed E-state index contributed by atoms with van der Waals surface area (Å²) < 4.78 is 78.8. The molecule has 200 valence electrons. The Kier molecular flexibility index (Phi) is 3.80. The zero-order valence-corrected chi connectivity index (χ0v) is 22.8. The number of rotatable bonds is 3. The summed E-state index contributed by atoms with van der Waals surface area (Å²) in [6.07, 6.45) is 0. The van der Waals surface area contributed by atoms with Crippen molar-refractivity contribution in [1.82, 2.24) is 0 Å². The molecule has 0 saturated heterocycles. The van der Waals surface area contributed by atoms with Gasteiger partial charge in [-0.3, -0.25) is 0 Å². The van der Waals surface area contributed by atoms with Gasteiger partial charge in [-0.2, -0.15) is 0 Å². The van der Waals surface area contributed by atoms with Crippen LogP contribution in [0.25, 0.3) is 87.6 Å². The second-order valence-electron chi connectivity index (χ2n) is 10.7. The highest BCUT2D eigenvalue weighted by Crippen LogP contribution is 2.47. The van der Waals surface area contributed by atoms with Crippen LogP contribution in [0.4, 0.5) is 0 Å². The molecule has 0 amide bonds. The maximum Gasteiger partial charge on any atom is 0.136 e. The van der Waals surface area contributed by atoms with Crippen LogP contribution in [0.15, 0.2) is 162 Å². The van der Waals surface area contributed by atoms with Crippen molar-refractivity contribution in [3.05, 3.63) is 158 Å². The van der Waals surface area contributed by atoms with Crippen molar-refractivity contribution in [3.63, 3.8) is 0 Å². The first-order valence-corrected chi connectivity index (χ1v) is 14.1. The third kappa shape index (κ3) is 3.72. The van der Waals surface area contributed by atoms with Gasteiger partial charge in [-0.15, -0.1) is 0 Å². The van der Waals surface area contributed by atoms with E-state index >= 15 is 0 Å². The van der Waals surface area contributed by atoms with Crippen molar-refractivity contribution in [1.29, 1.82) is 0 Å². The fraction of sp³-hybridized carbons (Fsp3) is 0. The Bertz CT molecular complexity index is 2850. The normalized spacial score (nSPS) is 14.3. The molecular weight excluding hydrogens is 520 g/mol. The zero-order chi connectivity index (χ0) is 35.3. The quantitative estimate of drug-likeness (QED) is 0.198. The van der Waals surface area contributed by atoms with Crippen LogP contribution in [0.5, 0.6) is 0 Å². The van der Waals surface area contributed by atoms with E-state index in [1.54, 1.807) is 6.07 Å². The van der Waals surface area contributed by atoms with Crippen LogP contribution in [0.2, 0.25) is 0 Å². The summed E-state index contributed by atoms with van der Waals surface area (Å²) in [4.78, 5) is 0. The molecule has 43 heavy (non-hydrogen) atoms. The predicted octanol–water partition coefficient (Wildman–Crippen LogP) is 12.0. The standard InChI is InChI=1S/C42H26O/c1-2-11-27(12-3-1)28-21-23-29(24-22-28)40-32-15-6-8-17-34(32)41(35-18-9-7-16-33(35)40)36-19-10-20-38-42(36)37-25-30-13-4-5-14-31(30)26-39(37)43-38/h1-26H/i6D,7D,8D,9D,15D,16D,17D,18D. The first-order chi connectivity index (χ1) is 24.7. The second kappa shape index (κ2) is 9.44. The third-order valence-electron chi connectivity index (χ3n) is 8.29. The Balaban J connectivity index is 1.51. The molecule has 1 nitrogen and oxygen atoms in total. The van der Waals surface area contributed by atoms with E-state index in [1.165, 1.54) is 0 Å². The summed E-state index contributed by atoms with van der Waals surface area (Å²) in [5, 5.41) is 4.13. The molecule has 9 aromatic rings. The molecule has 0 aliphatic carbocycles. The number of furan rings is 1. The number of fused-ring (bicyclic) bond motifs is 6. The van der Waals surface area contributed by atoms with Gasteiger partial charge in [-0.25, -0.2) is 0 Å². The fourth-order valence-corrected chi connectivity index (χ4v) is 6.36. The predicted molar refractivity (Wildman–Crippen MR) is 183 cm³/mol.